The van der Waals surface area contributed by atoms with Crippen molar-refractivity contribution in [3.05, 3.63) is 58.0 Å². The highest BCUT2D eigenvalue weighted by Gasteiger charge is 2.16. The van der Waals surface area contributed by atoms with Crippen molar-refractivity contribution in [1.29, 1.82) is 0 Å². The highest BCUT2D eigenvalue weighted by atomic mass is 16.5. The third-order valence-corrected chi connectivity index (χ3v) is 3.64. The van der Waals surface area contributed by atoms with Crippen LogP contribution in [0.15, 0.2) is 41.3 Å². The van der Waals surface area contributed by atoms with Gasteiger partial charge in [-0.25, -0.2) is 4.68 Å². The van der Waals surface area contributed by atoms with Crippen molar-refractivity contribution in [3.8, 4) is 5.75 Å². The van der Waals surface area contributed by atoms with E-state index in [1.54, 1.807) is 6.20 Å². The lowest BCUT2D eigenvalue weighted by Gasteiger charge is -2.20. The van der Waals surface area contributed by atoms with Crippen LogP contribution in [-0.4, -0.2) is 9.78 Å². The Labute approximate surface area is 138 Å². The minimum Gasteiger partial charge on any atom is -0.487 e. The summed E-state index contributed by atoms with van der Waals surface area (Å²) in [6.07, 6.45) is 1.59. The van der Waals surface area contributed by atoms with Crippen LogP contribution < -0.4 is 10.3 Å². The maximum Gasteiger partial charge on any atom is 0.270 e. The number of aromatic nitrogens is 2. The van der Waals surface area contributed by atoms with Crippen molar-refractivity contribution in [1.82, 2.24) is 9.78 Å². The lowest BCUT2D eigenvalue weighted by molar-refractivity contribution is 0.292. The van der Waals surface area contributed by atoms with Crippen LogP contribution in [0.25, 0.3) is 0 Å². The summed E-state index contributed by atoms with van der Waals surface area (Å²) in [6, 6.07) is 9.85. The number of ether oxygens (including phenoxy) is 1. The normalized spacial score (nSPS) is 12.3. The van der Waals surface area contributed by atoms with Crippen LogP contribution in [0.1, 0.15) is 52.7 Å². The van der Waals surface area contributed by atoms with Gasteiger partial charge in [-0.3, -0.25) is 4.79 Å². The first-order valence-corrected chi connectivity index (χ1v) is 7.89. The zero-order chi connectivity index (χ0) is 17.3. The zero-order valence-corrected chi connectivity index (χ0v) is 14.9. The Hall–Kier alpha value is -2.10. The quantitative estimate of drug-likeness (QED) is 0.863. The average molecular weight is 314 g/mol. The molecule has 23 heavy (non-hydrogen) atoms. The molecule has 0 atom stereocenters. The molecule has 0 saturated heterocycles. The predicted molar refractivity (Wildman–Crippen MR) is 93.0 cm³/mol. The highest BCUT2D eigenvalue weighted by molar-refractivity contribution is 5.27. The number of benzene rings is 1. The minimum atomic E-state index is -0.335. The summed E-state index contributed by atoms with van der Waals surface area (Å²) in [7, 11) is 0. The highest BCUT2D eigenvalue weighted by Crippen LogP contribution is 2.22. The van der Waals surface area contributed by atoms with E-state index in [0.29, 0.717) is 12.4 Å². The summed E-state index contributed by atoms with van der Waals surface area (Å²) < 4.78 is 7.15. The number of hydrogen-bond acceptors (Lipinski definition) is 3. The van der Waals surface area contributed by atoms with Crippen LogP contribution in [0.4, 0.5) is 0 Å². The van der Waals surface area contributed by atoms with E-state index >= 15 is 0 Å². The molecule has 0 N–H and O–H groups in total. The van der Waals surface area contributed by atoms with Crippen LogP contribution >= 0.6 is 0 Å². The summed E-state index contributed by atoms with van der Waals surface area (Å²) in [5, 5.41) is 4.19. The van der Waals surface area contributed by atoms with E-state index in [2.05, 4.69) is 50.1 Å². The molecule has 2 rings (SSSR count). The van der Waals surface area contributed by atoms with Crippen molar-refractivity contribution in [2.75, 3.05) is 0 Å². The van der Waals surface area contributed by atoms with E-state index < -0.39 is 0 Å². The Balaban J connectivity index is 2.07. The topological polar surface area (TPSA) is 44.1 Å². The molecule has 0 aliphatic heterocycles. The SMILES string of the molecule is CC(C)(C)c1ccc(COc2cnn(C(C)(C)C)c(=O)c2)cc1. The molecule has 1 heterocycles. The Morgan fingerprint density at radius 1 is 1.04 bits per heavy atom. The molecule has 0 fully saturated rings. The monoisotopic (exact) mass is 314 g/mol. The fraction of sp³-hybridized carbons (Fsp3) is 0.474. The summed E-state index contributed by atoms with van der Waals surface area (Å²) in [4.78, 5) is 12.1. The Morgan fingerprint density at radius 3 is 2.13 bits per heavy atom. The minimum absolute atomic E-state index is 0.140. The second-order valence-electron chi connectivity index (χ2n) is 7.85. The standard InChI is InChI=1S/C19H26N2O2/c1-18(2,3)15-9-7-14(8-10-15)13-23-16-11-17(22)21(20-12-16)19(4,5)6/h7-12H,13H2,1-6H3. The maximum atomic E-state index is 12.1. The molecule has 4 nitrogen and oxygen atoms in total. The van der Waals surface area contributed by atoms with Crippen molar-refractivity contribution in [3.63, 3.8) is 0 Å². The van der Waals surface area contributed by atoms with Gasteiger partial charge in [0.2, 0.25) is 0 Å². The van der Waals surface area contributed by atoms with Crippen LogP contribution in [0.5, 0.6) is 5.75 Å². The lowest BCUT2D eigenvalue weighted by Crippen LogP contribution is -2.35. The van der Waals surface area contributed by atoms with Crippen molar-refractivity contribution in [2.24, 2.45) is 0 Å². The summed E-state index contributed by atoms with van der Waals surface area (Å²) in [5.41, 5.74) is 2.01. The molecule has 1 aromatic heterocycles. The molecule has 1 aromatic carbocycles. The van der Waals surface area contributed by atoms with Gasteiger partial charge < -0.3 is 4.74 Å². The molecule has 0 aliphatic carbocycles. The second kappa shape index (κ2) is 6.19. The molecule has 4 heteroatoms. The van der Waals surface area contributed by atoms with Crippen molar-refractivity contribution < 1.29 is 4.74 Å². The van der Waals surface area contributed by atoms with Gasteiger partial charge in [0.1, 0.15) is 12.4 Å². The van der Waals surface area contributed by atoms with Crippen LogP contribution in [0.2, 0.25) is 0 Å². The lowest BCUT2D eigenvalue weighted by atomic mass is 9.87. The van der Waals surface area contributed by atoms with Crippen molar-refractivity contribution in [2.45, 2.75) is 59.1 Å². The molecule has 0 amide bonds. The van der Waals surface area contributed by atoms with E-state index in [0.717, 1.165) is 5.56 Å². The third kappa shape index (κ3) is 4.44. The fourth-order valence-electron chi connectivity index (χ4n) is 2.24. The molecule has 2 aromatic rings. The van der Waals surface area contributed by atoms with E-state index in [-0.39, 0.29) is 16.5 Å². The summed E-state index contributed by atoms with van der Waals surface area (Å²) >= 11 is 0. The second-order valence-corrected chi connectivity index (χ2v) is 7.85. The largest absolute Gasteiger partial charge is 0.487 e. The summed E-state index contributed by atoms with van der Waals surface area (Å²) in [6.45, 7) is 12.8. The molecular formula is C19H26N2O2. The van der Waals surface area contributed by atoms with Crippen LogP contribution in [0.3, 0.4) is 0 Å². The van der Waals surface area contributed by atoms with E-state index in [9.17, 15) is 4.79 Å². The van der Waals surface area contributed by atoms with Crippen molar-refractivity contribution >= 4 is 0 Å². The number of nitrogens with zero attached hydrogens (tertiary/aromatic N) is 2. The molecule has 0 aliphatic rings. The third-order valence-electron chi connectivity index (χ3n) is 3.64. The Morgan fingerprint density at radius 2 is 1.65 bits per heavy atom. The van der Waals surface area contributed by atoms with Gasteiger partial charge >= 0.3 is 0 Å². The smallest absolute Gasteiger partial charge is 0.270 e. The molecule has 0 spiro atoms. The zero-order valence-electron chi connectivity index (χ0n) is 14.9. The van der Waals surface area contributed by atoms with Crippen LogP contribution in [0, 0.1) is 0 Å². The first-order chi connectivity index (χ1) is 10.6. The fourth-order valence-corrected chi connectivity index (χ4v) is 2.24. The maximum absolute atomic E-state index is 12.1. The molecular weight excluding hydrogens is 288 g/mol. The van der Waals surface area contributed by atoms with Gasteiger partial charge in [0.25, 0.3) is 5.56 Å². The predicted octanol–water partition coefficient (Wildman–Crippen LogP) is 3.87. The number of hydrogen-bond donors (Lipinski definition) is 0. The average Bonchev–Trinajstić information content (AvgIpc) is 2.43. The van der Waals surface area contributed by atoms with Gasteiger partial charge in [0.15, 0.2) is 0 Å². The van der Waals surface area contributed by atoms with Gasteiger partial charge in [-0.05, 0) is 37.3 Å². The Kier molecular flexibility index (Phi) is 4.64. The van der Waals surface area contributed by atoms with E-state index in [1.807, 2.05) is 20.8 Å². The molecule has 0 unspecified atom stereocenters. The molecule has 0 radical (unpaired) electrons. The first-order valence-electron chi connectivity index (χ1n) is 7.89. The van der Waals surface area contributed by atoms with Crippen LogP contribution in [-0.2, 0) is 17.6 Å². The van der Waals surface area contributed by atoms with Gasteiger partial charge in [0.05, 0.1) is 11.7 Å². The van der Waals surface area contributed by atoms with Gasteiger partial charge in [-0.15, -0.1) is 0 Å². The first kappa shape index (κ1) is 17.3. The molecule has 124 valence electrons. The van der Waals surface area contributed by atoms with Gasteiger partial charge in [-0.1, -0.05) is 45.0 Å². The van der Waals surface area contributed by atoms with E-state index in [1.165, 1.54) is 16.3 Å². The van der Waals surface area contributed by atoms with Gasteiger partial charge in [-0.2, -0.15) is 5.10 Å². The number of rotatable bonds is 3. The summed E-state index contributed by atoms with van der Waals surface area (Å²) in [5.74, 6) is 0.496. The molecule has 0 bridgehead atoms. The van der Waals surface area contributed by atoms with E-state index in [4.69, 9.17) is 4.74 Å². The van der Waals surface area contributed by atoms with Gasteiger partial charge in [0, 0.05) is 6.07 Å². The molecule has 0 saturated carbocycles. The Bertz CT molecular complexity index is 717.